The van der Waals surface area contributed by atoms with Gasteiger partial charge in [-0.1, -0.05) is 6.92 Å². The molecule has 0 aromatic rings. The Morgan fingerprint density at radius 3 is 2.78 bits per heavy atom. The molecule has 1 fully saturated rings. The molecule has 0 spiro atoms. The van der Waals surface area contributed by atoms with Crippen LogP contribution in [0.25, 0.3) is 0 Å². The van der Waals surface area contributed by atoms with E-state index in [0.717, 1.165) is 25.9 Å². The third-order valence-electron chi connectivity index (χ3n) is 3.77. The first-order chi connectivity index (χ1) is 8.64. The van der Waals surface area contributed by atoms with Crippen molar-refractivity contribution in [1.82, 2.24) is 4.90 Å². The first-order valence-corrected chi connectivity index (χ1v) is 6.67. The highest BCUT2D eigenvalue weighted by molar-refractivity contribution is 5.75. The van der Waals surface area contributed by atoms with E-state index in [1.807, 2.05) is 6.92 Å². The van der Waals surface area contributed by atoms with E-state index in [9.17, 15) is 9.90 Å². The summed E-state index contributed by atoms with van der Waals surface area (Å²) in [6.45, 7) is 6.24. The van der Waals surface area contributed by atoms with Gasteiger partial charge in [-0.05, 0) is 25.8 Å². The van der Waals surface area contributed by atoms with Crippen LogP contribution in [0.5, 0.6) is 0 Å². The highest BCUT2D eigenvalue weighted by Crippen LogP contribution is 2.33. The summed E-state index contributed by atoms with van der Waals surface area (Å²) >= 11 is 0. The summed E-state index contributed by atoms with van der Waals surface area (Å²) in [7, 11) is 1.65. The first-order valence-electron chi connectivity index (χ1n) is 6.67. The Morgan fingerprint density at radius 2 is 2.17 bits per heavy atom. The maximum atomic E-state index is 11.4. The molecule has 1 aliphatic heterocycles. The van der Waals surface area contributed by atoms with Crippen molar-refractivity contribution in [3.05, 3.63) is 0 Å². The average Bonchev–Trinajstić information content (AvgIpc) is 2.38. The number of rotatable bonds is 8. The van der Waals surface area contributed by atoms with Gasteiger partial charge in [0.25, 0.3) is 0 Å². The van der Waals surface area contributed by atoms with Crippen molar-refractivity contribution >= 4 is 5.97 Å². The van der Waals surface area contributed by atoms with E-state index >= 15 is 0 Å². The lowest BCUT2D eigenvalue weighted by molar-refractivity contribution is -0.153. The topological polar surface area (TPSA) is 59.0 Å². The summed E-state index contributed by atoms with van der Waals surface area (Å²) in [4.78, 5) is 13.6. The number of hydrogen-bond donors (Lipinski definition) is 1. The largest absolute Gasteiger partial charge is 0.481 e. The zero-order chi connectivity index (χ0) is 13.4. The SMILES string of the molecule is CCC1(C(=O)O)CCCN(CCOCCOC)C1. The minimum Gasteiger partial charge on any atom is -0.481 e. The lowest BCUT2D eigenvalue weighted by atomic mass is 9.78. The number of carboxylic acid groups (broad SMARTS) is 1. The van der Waals surface area contributed by atoms with E-state index in [4.69, 9.17) is 9.47 Å². The summed E-state index contributed by atoms with van der Waals surface area (Å²) in [6.07, 6.45) is 2.45. The lowest BCUT2D eigenvalue weighted by Crippen LogP contribution is -2.48. The van der Waals surface area contributed by atoms with Gasteiger partial charge in [-0.2, -0.15) is 0 Å². The van der Waals surface area contributed by atoms with E-state index in [-0.39, 0.29) is 0 Å². The first kappa shape index (κ1) is 15.4. The van der Waals surface area contributed by atoms with Crippen molar-refractivity contribution in [2.24, 2.45) is 5.41 Å². The van der Waals surface area contributed by atoms with Crippen LogP contribution in [0.2, 0.25) is 0 Å². The van der Waals surface area contributed by atoms with E-state index < -0.39 is 11.4 Å². The second-order valence-electron chi connectivity index (χ2n) is 4.92. The Bertz CT molecular complexity index is 259. The molecule has 0 radical (unpaired) electrons. The summed E-state index contributed by atoms with van der Waals surface area (Å²) in [5.74, 6) is -0.657. The van der Waals surface area contributed by atoms with Gasteiger partial charge in [0.15, 0.2) is 0 Å². The van der Waals surface area contributed by atoms with Gasteiger partial charge < -0.3 is 14.6 Å². The fourth-order valence-electron chi connectivity index (χ4n) is 2.47. The predicted molar refractivity (Wildman–Crippen MR) is 68.7 cm³/mol. The van der Waals surface area contributed by atoms with Crippen LogP contribution in [-0.4, -0.2) is 62.5 Å². The van der Waals surface area contributed by atoms with Crippen molar-refractivity contribution in [1.29, 1.82) is 0 Å². The van der Waals surface area contributed by atoms with Crippen LogP contribution in [0.15, 0.2) is 0 Å². The molecular weight excluding hydrogens is 234 g/mol. The van der Waals surface area contributed by atoms with Gasteiger partial charge in [0.2, 0.25) is 0 Å². The molecule has 106 valence electrons. The van der Waals surface area contributed by atoms with Crippen molar-refractivity contribution in [3.8, 4) is 0 Å². The molecule has 1 aliphatic rings. The van der Waals surface area contributed by atoms with E-state index in [0.29, 0.717) is 32.8 Å². The molecule has 5 heteroatoms. The number of carbonyl (C=O) groups is 1. The summed E-state index contributed by atoms with van der Waals surface area (Å²) in [5, 5.41) is 9.37. The number of nitrogens with zero attached hydrogens (tertiary/aromatic N) is 1. The standard InChI is InChI=1S/C13H25NO4/c1-3-13(12(15)16)5-4-6-14(11-13)7-8-18-10-9-17-2/h3-11H2,1-2H3,(H,15,16). The molecular formula is C13H25NO4. The van der Waals surface area contributed by atoms with E-state index in [1.54, 1.807) is 7.11 Å². The fourth-order valence-corrected chi connectivity index (χ4v) is 2.47. The molecule has 0 saturated carbocycles. The number of aliphatic carboxylic acids is 1. The smallest absolute Gasteiger partial charge is 0.310 e. The summed E-state index contributed by atoms with van der Waals surface area (Å²) < 4.78 is 10.3. The minimum absolute atomic E-state index is 0.551. The van der Waals surface area contributed by atoms with Gasteiger partial charge in [-0.25, -0.2) is 0 Å². The van der Waals surface area contributed by atoms with Crippen LogP contribution in [0, 0.1) is 5.41 Å². The number of carboxylic acids is 1. The summed E-state index contributed by atoms with van der Waals surface area (Å²) in [6, 6.07) is 0. The molecule has 1 heterocycles. The third-order valence-corrected chi connectivity index (χ3v) is 3.77. The van der Waals surface area contributed by atoms with Crippen LogP contribution >= 0.6 is 0 Å². The normalized spacial score (nSPS) is 25.2. The maximum absolute atomic E-state index is 11.4. The maximum Gasteiger partial charge on any atom is 0.310 e. The number of likely N-dealkylation sites (tertiary alicyclic amines) is 1. The van der Waals surface area contributed by atoms with Crippen LogP contribution in [-0.2, 0) is 14.3 Å². The molecule has 1 saturated heterocycles. The molecule has 1 N–H and O–H groups in total. The third kappa shape index (κ3) is 4.23. The van der Waals surface area contributed by atoms with E-state index in [1.165, 1.54) is 0 Å². The van der Waals surface area contributed by atoms with Gasteiger partial charge in [-0.3, -0.25) is 9.69 Å². The highest BCUT2D eigenvalue weighted by Gasteiger charge is 2.40. The van der Waals surface area contributed by atoms with Gasteiger partial charge in [0.05, 0.1) is 25.2 Å². The summed E-state index contributed by atoms with van der Waals surface area (Å²) in [5.41, 5.74) is -0.551. The Labute approximate surface area is 109 Å². The monoisotopic (exact) mass is 259 g/mol. The molecule has 0 aromatic heterocycles. The molecule has 0 amide bonds. The molecule has 0 aromatic carbocycles. The molecule has 5 nitrogen and oxygen atoms in total. The molecule has 1 unspecified atom stereocenters. The second-order valence-corrected chi connectivity index (χ2v) is 4.92. The van der Waals surface area contributed by atoms with Gasteiger partial charge in [0, 0.05) is 20.2 Å². The second kappa shape index (κ2) is 7.71. The van der Waals surface area contributed by atoms with E-state index in [2.05, 4.69) is 4.90 Å². The van der Waals surface area contributed by atoms with Crippen LogP contribution < -0.4 is 0 Å². The Balaban J connectivity index is 2.32. The zero-order valence-corrected chi connectivity index (χ0v) is 11.5. The van der Waals surface area contributed by atoms with Crippen molar-refractivity contribution in [3.63, 3.8) is 0 Å². The minimum atomic E-state index is -0.657. The number of ether oxygens (including phenoxy) is 2. The molecule has 1 rings (SSSR count). The predicted octanol–water partition coefficient (Wildman–Crippen LogP) is 1.23. The molecule has 18 heavy (non-hydrogen) atoms. The Kier molecular flexibility index (Phi) is 6.60. The Morgan fingerprint density at radius 1 is 1.39 bits per heavy atom. The number of methoxy groups -OCH3 is 1. The quantitative estimate of drug-likeness (QED) is 0.664. The molecule has 0 aliphatic carbocycles. The zero-order valence-electron chi connectivity index (χ0n) is 11.5. The van der Waals surface area contributed by atoms with Gasteiger partial charge in [0.1, 0.15) is 0 Å². The van der Waals surface area contributed by atoms with Gasteiger partial charge >= 0.3 is 5.97 Å². The van der Waals surface area contributed by atoms with Crippen LogP contribution in [0.3, 0.4) is 0 Å². The van der Waals surface area contributed by atoms with Crippen LogP contribution in [0.1, 0.15) is 26.2 Å². The fraction of sp³-hybridized carbons (Fsp3) is 0.923. The molecule has 1 atom stereocenters. The Hall–Kier alpha value is -0.650. The molecule has 0 bridgehead atoms. The van der Waals surface area contributed by atoms with Gasteiger partial charge in [-0.15, -0.1) is 0 Å². The van der Waals surface area contributed by atoms with Crippen LogP contribution in [0.4, 0.5) is 0 Å². The van der Waals surface area contributed by atoms with Crippen molar-refractivity contribution in [2.75, 3.05) is 46.6 Å². The highest BCUT2D eigenvalue weighted by atomic mass is 16.5. The average molecular weight is 259 g/mol. The number of piperidine rings is 1. The van der Waals surface area contributed by atoms with Crippen molar-refractivity contribution < 1.29 is 19.4 Å². The number of hydrogen-bond acceptors (Lipinski definition) is 4. The van der Waals surface area contributed by atoms with Crippen molar-refractivity contribution in [2.45, 2.75) is 26.2 Å². The lowest BCUT2D eigenvalue weighted by Gasteiger charge is -2.39.